The summed E-state index contributed by atoms with van der Waals surface area (Å²) < 4.78 is 40.2. The summed E-state index contributed by atoms with van der Waals surface area (Å²) in [5.41, 5.74) is 1.11. The van der Waals surface area contributed by atoms with E-state index in [1.165, 1.54) is 63.5 Å². The minimum absolute atomic E-state index is 0.178. The Kier molecular flexibility index (Phi) is 6.12. The molecule has 1 aromatic carbocycles. The zero-order chi connectivity index (χ0) is 17.9. The van der Waals surface area contributed by atoms with Crippen LogP contribution in [0, 0.1) is 28.8 Å². The molecule has 0 atom stereocenters. The number of hydrogen-bond donors (Lipinski definition) is 0. The fourth-order valence-electron chi connectivity index (χ4n) is 5.14. The molecule has 0 amide bonds. The van der Waals surface area contributed by atoms with Gasteiger partial charge in [0.05, 0.1) is 0 Å². The second-order valence-corrected chi connectivity index (χ2v) is 8.51. The molecule has 1 aromatic rings. The first-order chi connectivity index (χ1) is 12.0. The maximum absolute atomic E-state index is 13.5. The number of hydrogen-bond acceptors (Lipinski definition) is 0. The van der Waals surface area contributed by atoms with Crippen molar-refractivity contribution in [1.82, 2.24) is 0 Å². The van der Waals surface area contributed by atoms with Crippen LogP contribution in [0.15, 0.2) is 12.1 Å². The minimum atomic E-state index is -1.35. The molecule has 0 radical (unpaired) electrons. The lowest BCUT2D eigenvalue weighted by molar-refractivity contribution is 0.0860. The fraction of sp³-hybridized carbons (Fsp3) is 0.727. The van der Waals surface area contributed by atoms with E-state index >= 15 is 0 Å². The van der Waals surface area contributed by atoms with Gasteiger partial charge in [0, 0.05) is 0 Å². The molecule has 0 saturated heterocycles. The molecule has 25 heavy (non-hydrogen) atoms. The van der Waals surface area contributed by atoms with Gasteiger partial charge in [-0.15, -0.1) is 0 Å². The van der Waals surface area contributed by atoms with E-state index in [1.807, 2.05) is 0 Å². The van der Waals surface area contributed by atoms with Gasteiger partial charge in [-0.3, -0.25) is 0 Å². The van der Waals surface area contributed by atoms with Crippen molar-refractivity contribution in [2.45, 2.75) is 89.9 Å². The first-order valence-electron chi connectivity index (χ1n) is 10.2. The Hall–Kier alpha value is -0.990. The first kappa shape index (κ1) is 18.8. The van der Waals surface area contributed by atoms with E-state index in [-0.39, 0.29) is 5.92 Å². The van der Waals surface area contributed by atoms with Crippen LogP contribution in [0.2, 0.25) is 0 Å². The Balaban J connectivity index is 1.52. The number of unbranched alkanes of at least 4 members (excludes halogenated alkanes) is 2. The van der Waals surface area contributed by atoms with Crippen LogP contribution >= 0.6 is 0 Å². The van der Waals surface area contributed by atoms with Crippen LogP contribution in [-0.2, 0) is 0 Å². The van der Waals surface area contributed by atoms with Crippen LogP contribution in [0.25, 0.3) is 0 Å². The summed E-state index contributed by atoms with van der Waals surface area (Å²) in [6.45, 7) is 2.26. The highest BCUT2D eigenvalue weighted by atomic mass is 19.2. The normalized spacial score (nSPS) is 29.9. The second kappa shape index (κ2) is 8.14. The molecular weight excluding hydrogens is 321 g/mol. The average Bonchev–Trinajstić information content (AvgIpc) is 2.62. The quantitative estimate of drug-likeness (QED) is 0.380. The molecule has 0 bridgehead atoms. The molecular formula is C22H31F3. The predicted octanol–water partition coefficient (Wildman–Crippen LogP) is 7.52. The van der Waals surface area contributed by atoms with Crippen LogP contribution in [-0.4, -0.2) is 0 Å². The number of benzene rings is 1. The van der Waals surface area contributed by atoms with Gasteiger partial charge in [0.1, 0.15) is 0 Å². The molecule has 2 aliphatic carbocycles. The number of halogens is 3. The van der Waals surface area contributed by atoms with Crippen LogP contribution in [0.4, 0.5) is 13.2 Å². The maximum atomic E-state index is 13.5. The molecule has 0 N–H and O–H groups in total. The Morgan fingerprint density at radius 3 is 2.00 bits per heavy atom. The van der Waals surface area contributed by atoms with E-state index in [9.17, 15) is 13.2 Å². The summed E-state index contributed by atoms with van der Waals surface area (Å²) in [5.74, 6) is -2.36. The zero-order valence-electron chi connectivity index (χ0n) is 15.4. The summed E-state index contributed by atoms with van der Waals surface area (Å²) in [6, 6.07) is 2.40. The van der Waals surface area contributed by atoms with Crippen LogP contribution in [0.1, 0.15) is 95.5 Å². The lowest BCUT2D eigenvalue weighted by Gasteiger charge is -2.45. The Bertz CT molecular complexity index is 540. The van der Waals surface area contributed by atoms with Gasteiger partial charge in [-0.2, -0.15) is 0 Å². The molecule has 3 rings (SSSR count). The van der Waals surface area contributed by atoms with E-state index < -0.39 is 17.5 Å². The van der Waals surface area contributed by atoms with E-state index in [0.717, 1.165) is 31.6 Å². The smallest absolute Gasteiger partial charge is 0.194 e. The molecule has 1 spiro atoms. The van der Waals surface area contributed by atoms with Gasteiger partial charge >= 0.3 is 0 Å². The van der Waals surface area contributed by atoms with Crippen molar-refractivity contribution < 1.29 is 13.2 Å². The van der Waals surface area contributed by atoms with Gasteiger partial charge in [-0.1, -0.05) is 32.6 Å². The molecule has 0 aliphatic heterocycles. The van der Waals surface area contributed by atoms with Crippen LogP contribution in [0.3, 0.4) is 0 Å². The third kappa shape index (κ3) is 4.41. The summed E-state index contributed by atoms with van der Waals surface area (Å²) >= 11 is 0. The maximum Gasteiger partial charge on any atom is 0.194 e. The minimum Gasteiger partial charge on any atom is -0.204 e. The summed E-state index contributed by atoms with van der Waals surface area (Å²) in [7, 11) is 0. The largest absolute Gasteiger partial charge is 0.204 e. The van der Waals surface area contributed by atoms with Gasteiger partial charge in [-0.05, 0) is 86.3 Å². The number of rotatable bonds is 5. The van der Waals surface area contributed by atoms with Gasteiger partial charge in [0.25, 0.3) is 0 Å². The van der Waals surface area contributed by atoms with E-state index in [2.05, 4.69) is 6.92 Å². The highest BCUT2D eigenvalue weighted by Gasteiger charge is 2.38. The second-order valence-electron chi connectivity index (χ2n) is 8.51. The van der Waals surface area contributed by atoms with Crippen LogP contribution in [0.5, 0.6) is 0 Å². The SMILES string of the molecule is CCCCCC1CCC2(CC1)CCC(c1cc(F)c(F)c(F)c1)CC2. The van der Waals surface area contributed by atoms with E-state index in [0.29, 0.717) is 11.0 Å². The van der Waals surface area contributed by atoms with Crippen molar-refractivity contribution in [3.63, 3.8) is 0 Å². The average molecular weight is 352 g/mol. The molecule has 0 aromatic heterocycles. The third-order valence-corrected chi connectivity index (χ3v) is 6.91. The van der Waals surface area contributed by atoms with Gasteiger partial charge in [0.15, 0.2) is 17.5 Å². The highest BCUT2D eigenvalue weighted by molar-refractivity contribution is 5.24. The highest BCUT2D eigenvalue weighted by Crippen LogP contribution is 2.52. The van der Waals surface area contributed by atoms with Crippen molar-refractivity contribution in [2.75, 3.05) is 0 Å². The monoisotopic (exact) mass is 352 g/mol. The predicted molar refractivity (Wildman–Crippen MR) is 96.1 cm³/mol. The Labute approximate surface area is 150 Å². The lowest BCUT2D eigenvalue weighted by atomic mass is 9.60. The van der Waals surface area contributed by atoms with Crippen LogP contribution < -0.4 is 0 Å². The molecule has 2 fully saturated rings. The topological polar surface area (TPSA) is 0 Å². The Morgan fingerprint density at radius 1 is 0.880 bits per heavy atom. The summed E-state index contributed by atoms with van der Waals surface area (Å²) in [5, 5.41) is 0. The fourth-order valence-corrected chi connectivity index (χ4v) is 5.14. The molecule has 2 aliphatic rings. The standard InChI is InChI=1S/C22H31F3/c1-2-3-4-5-16-6-10-22(11-7-16)12-8-17(9-13-22)18-14-19(23)21(25)20(24)15-18/h14-17H,2-13H2,1H3. The molecule has 0 unspecified atom stereocenters. The molecule has 0 nitrogen and oxygen atoms in total. The molecule has 140 valence electrons. The van der Waals surface area contributed by atoms with Gasteiger partial charge in [-0.25, -0.2) is 13.2 Å². The molecule has 2 saturated carbocycles. The van der Waals surface area contributed by atoms with E-state index in [1.54, 1.807) is 0 Å². The Morgan fingerprint density at radius 2 is 1.44 bits per heavy atom. The van der Waals surface area contributed by atoms with E-state index in [4.69, 9.17) is 0 Å². The van der Waals surface area contributed by atoms with Crippen molar-refractivity contribution in [3.8, 4) is 0 Å². The zero-order valence-corrected chi connectivity index (χ0v) is 15.4. The molecule has 0 heterocycles. The van der Waals surface area contributed by atoms with Crippen molar-refractivity contribution in [3.05, 3.63) is 35.1 Å². The third-order valence-electron chi connectivity index (χ3n) is 6.91. The summed E-state index contributed by atoms with van der Waals surface area (Å²) in [4.78, 5) is 0. The lowest BCUT2D eigenvalue weighted by Crippen LogP contribution is -2.31. The van der Waals surface area contributed by atoms with Crippen molar-refractivity contribution >= 4 is 0 Å². The van der Waals surface area contributed by atoms with Gasteiger partial charge < -0.3 is 0 Å². The van der Waals surface area contributed by atoms with Gasteiger partial charge in [0.2, 0.25) is 0 Å². The molecule has 3 heteroatoms. The van der Waals surface area contributed by atoms with Crippen molar-refractivity contribution in [1.29, 1.82) is 0 Å². The summed E-state index contributed by atoms with van der Waals surface area (Å²) in [6.07, 6.45) is 15.0. The van der Waals surface area contributed by atoms with Crippen molar-refractivity contribution in [2.24, 2.45) is 11.3 Å². The first-order valence-corrected chi connectivity index (χ1v) is 10.2.